The summed E-state index contributed by atoms with van der Waals surface area (Å²) >= 11 is 5.83. The molecule has 0 radical (unpaired) electrons. The number of aromatic nitrogens is 1. The lowest BCUT2D eigenvalue weighted by Gasteiger charge is -2.12. The number of alkyl halides is 3. The molecule has 0 aliphatic heterocycles. The molecule has 0 unspecified atom stereocenters. The van der Waals surface area contributed by atoms with E-state index in [9.17, 15) is 18.0 Å². The summed E-state index contributed by atoms with van der Waals surface area (Å²) in [6.07, 6.45) is -4.57. The van der Waals surface area contributed by atoms with Crippen molar-refractivity contribution in [3.05, 3.63) is 58.2 Å². The van der Waals surface area contributed by atoms with Crippen molar-refractivity contribution in [1.29, 1.82) is 0 Å². The van der Waals surface area contributed by atoms with Gasteiger partial charge in [-0.1, -0.05) is 23.7 Å². The van der Waals surface area contributed by atoms with Crippen LogP contribution in [0, 0.1) is 0 Å². The molecule has 1 heterocycles. The third-order valence-electron chi connectivity index (χ3n) is 2.86. The van der Waals surface area contributed by atoms with Crippen LogP contribution in [-0.4, -0.2) is 17.3 Å². The molecule has 1 aromatic carbocycles. The van der Waals surface area contributed by atoms with Crippen LogP contribution >= 0.6 is 11.6 Å². The van der Waals surface area contributed by atoms with Crippen molar-refractivity contribution in [1.82, 2.24) is 4.98 Å². The highest BCUT2D eigenvalue weighted by Crippen LogP contribution is 2.30. The number of halogens is 4. The van der Waals surface area contributed by atoms with E-state index in [0.29, 0.717) is 11.6 Å². The molecule has 0 fully saturated rings. The van der Waals surface area contributed by atoms with Gasteiger partial charge in [-0.15, -0.1) is 0 Å². The van der Waals surface area contributed by atoms with Crippen molar-refractivity contribution in [2.75, 3.05) is 11.9 Å². The van der Waals surface area contributed by atoms with Crippen LogP contribution < -0.4 is 5.32 Å². The molecular weight excluding hydrogens is 317 g/mol. The standard InChI is InChI=1S/C15H12ClF3N2O/c1-2-20-14-11(6-7-12(21-14)15(17,18)19)13(22)9-4-3-5-10(16)8-9/h3-8H,2H2,1H3,(H,20,21). The van der Waals surface area contributed by atoms with E-state index < -0.39 is 17.7 Å². The van der Waals surface area contributed by atoms with Gasteiger partial charge in [0.15, 0.2) is 5.78 Å². The van der Waals surface area contributed by atoms with E-state index in [1.807, 2.05) is 0 Å². The molecule has 2 aromatic rings. The number of rotatable bonds is 4. The molecule has 116 valence electrons. The van der Waals surface area contributed by atoms with E-state index in [2.05, 4.69) is 10.3 Å². The summed E-state index contributed by atoms with van der Waals surface area (Å²) in [5, 5.41) is 3.06. The first kappa shape index (κ1) is 16.3. The van der Waals surface area contributed by atoms with Gasteiger partial charge in [0.2, 0.25) is 0 Å². The Kier molecular flexibility index (Phi) is 4.71. The maximum atomic E-state index is 12.7. The molecule has 0 aliphatic carbocycles. The number of nitrogens with one attached hydrogen (secondary N) is 1. The van der Waals surface area contributed by atoms with Gasteiger partial charge in [-0.05, 0) is 31.2 Å². The lowest BCUT2D eigenvalue weighted by atomic mass is 10.0. The van der Waals surface area contributed by atoms with Crippen LogP contribution in [0.4, 0.5) is 19.0 Å². The zero-order valence-corrected chi connectivity index (χ0v) is 12.3. The quantitative estimate of drug-likeness (QED) is 0.845. The highest BCUT2D eigenvalue weighted by Gasteiger charge is 2.33. The lowest BCUT2D eigenvalue weighted by molar-refractivity contribution is -0.141. The number of carbonyl (C=O) groups is 1. The first-order chi connectivity index (χ1) is 10.3. The van der Waals surface area contributed by atoms with Crippen molar-refractivity contribution in [3.8, 4) is 0 Å². The zero-order valence-electron chi connectivity index (χ0n) is 11.5. The molecular formula is C15H12ClF3N2O. The molecule has 2 rings (SSSR count). The van der Waals surface area contributed by atoms with Gasteiger partial charge >= 0.3 is 6.18 Å². The third kappa shape index (κ3) is 3.57. The minimum Gasteiger partial charge on any atom is -0.370 e. The summed E-state index contributed by atoms with van der Waals surface area (Å²) < 4.78 is 38.2. The molecule has 0 spiro atoms. The molecule has 0 amide bonds. The molecule has 1 N–H and O–H groups in total. The summed E-state index contributed by atoms with van der Waals surface area (Å²) in [5.41, 5.74) is -0.698. The summed E-state index contributed by atoms with van der Waals surface area (Å²) in [6.45, 7) is 2.04. The predicted octanol–water partition coefficient (Wildman–Crippen LogP) is 4.42. The van der Waals surface area contributed by atoms with Crippen LogP contribution in [-0.2, 0) is 6.18 Å². The Labute approximate surface area is 130 Å². The van der Waals surface area contributed by atoms with Gasteiger partial charge in [-0.25, -0.2) is 4.98 Å². The molecule has 0 aliphatic rings. The van der Waals surface area contributed by atoms with Crippen molar-refractivity contribution in [3.63, 3.8) is 0 Å². The Morgan fingerprint density at radius 3 is 2.59 bits per heavy atom. The molecule has 0 atom stereocenters. The van der Waals surface area contributed by atoms with Crippen molar-refractivity contribution < 1.29 is 18.0 Å². The van der Waals surface area contributed by atoms with E-state index in [4.69, 9.17) is 11.6 Å². The van der Waals surface area contributed by atoms with Crippen LogP contribution in [0.2, 0.25) is 5.02 Å². The average Bonchev–Trinajstić information content (AvgIpc) is 2.46. The number of carbonyl (C=O) groups excluding carboxylic acids is 1. The number of hydrogen-bond donors (Lipinski definition) is 1. The van der Waals surface area contributed by atoms with Crippen LogP contribution in [0.15, 0.2) is 36.4 Å². The fourth-order valence-electron chi connectivity index (χ4n) is 1.89. The van der Waals surface area contributed by atoms with Gasteiger partial charge in [0.05, 0.1) is 5.56 Å². The minimum atomic E-state index is -4.57. The maximum Gasteiger partial charge on any atom is 0.433 e. The lowest BCUT2D eigenvalue weighted by Crippen LogP contribution is -2.14. The largest absolute Gasteiger partial charge is 0.433 e. The van der Waals surface area contributed by atoms with E-state index in [-0.39, 0.29) is 16.9 Å². The Balaban J connectivity index is 2.48. The zero-order chi connectivity index (χ0) is 16.3. The normalized spacial score (nSPS) is 11.3. The maximum absolute atomic E-state index is 12.7. The van der Waals surface area contributed by atoms with Gasteiger partial charge in [0, 0.05) is 17.1 Å². The van der Waals surface area contributed by atoms with E-state index in [0.717, 1.165) is 12.1 Å². The average molecular weight is 329 g/mol. The topological polar surface area (TPSA) is 42.0 Å². The highest BCUT2D eigenvalue weighted by molar-refractivity contribution is 6.31. The SMILES string of the molecule is CCNc1nc(C(F)(F)F)ccc1C(=O)c1cccc(Cl)c1. The second-order valence-corrected chi connectivity index (χ2v) is 4.90. The first-order valence-electron chi connectivity index (χ1n) is 6.45. The Bertz CT molecular complexity index is 701. The van der Waals surface area contributed by atoms with Crippen LogP contribution in [0.3, 0.4) is 0 Å². The second kappa shape index (κ2) is 6.36. The Morgan fingerprint density at radius 2 is 2.00 bits per heavy atom. The third-order valence-corrected chi connectivity index (χ3v) is 3.10. The number of ketones is 1. The first-order valence-corrected chi connectivity index (χ1v) is 6.83. The number of benzene rings is 1. The highest BCUT2D eigenvalue weighted by atomic mass is 35.5. The fraction of sp³-hybridized carbons (Fsp3) is 0.200. The second-order valence-electron chi connectivity index (χ2n) is 4.46. The van der Waals surface area contributed by atoms with E-state index in [1.165, 1.54) is 6.07 Å². The molecule has 22 heavy (non-hydrogen) atoms. The molecule has 0 bridgehead atoms. The van der Waals surface area contributed by atoms with Gasteiger partial charge in [-0.3, -0.25) is 4.79 Å². The van der Waals surface area contributed by atoms with E-state index in [1.54, 1.807) is 25.1 Å². The summed E-state index contributed by atoms with van der Waals surface area (Å²) in [5.74, 6) is -0.540. The number of pyridine rings is 1. The smallest absolute Gasteiger partial charge is 0.370 e. The number of anilines is 1. The number of nitrogens with zero attached hydrogens (tertiary/aromatic N) is 1. The van der Waals surface area contributed by atoms with Crippen molar-refractivity contribution in [2.24, 2.45) is 0 Å². The van der Waals surface area contributed by atoms with Gasteiger partial charge in [0.25, 0.3) is 0 Å². The van der Waals surface area contributed by atoms with Gasteiger partial charge in [-0.2, -0.15) is 13.2 Å². The van der Waals surface area contributed by atoms with Crippen LogP contribution in [0.5, 0.6) is 0 Å². The fourth-order valence-corrected chi connectivity index (χ4v) is 2.08. The van der Waals surface area contributed by atoms with Gasteiger partial charge in [0.1, 0.15) is 11.5 Å². The molecule has 7 heteroatoms. The molecule has 0 saturated carbocycles. The van der Waals surface area contributed by atoms with Crippen LogP contribution in [0.1, 0.15) is 28.5 Å². The number of hydrogen-bond acceptors (Lipinski definition) is 3. The predicted molar refractivity (Wildman–Crippen MR) is 78.3 cm³/mol. The Morgan fingerprint density at radius 1 is 1.27 bits per heavy atom. The molecule has 0 saturated heterocycles. The summed E-state index contributed by atoms with van der Waals surface area (Å²) in [7, 11) is 0. The Hall–Kier alpha value is -2.08. The van der Waals surface area contributed by atoms with Crippen LogP contribution in [0.25, 0.3) is 0 Å². The monoisotopic (exact) mass is 328 g/mol. The van der Waals surface area contributed by atoms with Gasteiger partial charge < -0.3 is 5.32 Å². The molecule has 1 aromatic heterocycles. The minimum absolute atomic E-state index is 0.0668. The van der Waals surface area contributed by atoms with Crippen molar-refractivity contribution >= 4 is 23.2 Å². The van der Waals surface area contributed by atoms with Crippen molar-refractivity contribution in [2.45, 2.75) is 13.1 Å². The summed E-state index contributed by atoms with van der Waals surface area (Å²) in [4.78, 5) is 15.9. The van der Waals surface area contributed by atoms with E-state index >= 15 is 0 Å². The summed E-state index contributed by atoms with van der Waals surface area (Å²) in [6, 6.07) is 8.11. The molecule has 3 nitrogen and oxygen atoms in total.